The molecule has 0 aliphatic rings. The number of ether oxygens (including phenoxy) is 1. The number of carbonyl (C=O) groups is 1. The van der Waals surface area contributed by atoms with Crippen LogP contribution in [0.4, 0.5) is 0 Å². The van der Waals surface area contributed by atoms with E-state index in [1.54, 1.807) is 11.3 Å². The second kappa shape index (κ2) is 5.35. The lowest BCUT2D eigenvalue weighted by atomic mass is 10.2. The van der Waals surface area contributed by atoms with Crippen molar-refractivity contribution in [3.8, 4) is 5.75 Å². The van der Waals surface area contributed by atoms with Crippen LogP contribution < -0.4 is 4.74 Å². The van der Waals surface area contributed by atoms with Gasteiger partial charge in [0, 0.05) is 5.92 Å². The van der Waals surface area contributed by atoms with Crippen molar-refractivity contribution in [3.05, 3.63) is 23.2 Å². The third-order valence-corrected chi connectivity index (χ3v) is 3.77. The summed E-state index contributed by atoms with van der Waals surface area (Å²) in [6.45, 7) is 4.42. The van der Waals surface area contributed by atoms with Crippen LogP contribution in [0.25, 0.3) is 10.2 Å². The lowest BCUT2D eigenvalue weighted by molar-refractivity contribution is -0.137. The monoisotopic (exact) mass is 265 g/mol. The fourth-order valence-corrected chi connectivity index (χ4v) is 2.51. The van der Waals surface area contributed by atoms with Crippen LogP contribution in [0.1, 0.15) is 31.2 Å². The average molecular weight is 265 g/mol. The van der Waals surface area contributed by atoms with Crippen molar-refractivity contribution < 1.29 is 14.6 Å². The van der Waals surface area contributed by atoms with E-state index in [-0.39, 0.29) is 13.0 Å². The van der Waals surface area contributed by atoms with Crippen LogP contribution in [-0.2, 0) is 4.79 Å². The Morgan fingerprint density at radius 1 is 1.50 bits per heavy atom. The minimum Gasteiger partial charge on any atom is -0.493 e. The van der Waals surface area contributed by atoms with E-state index in [0.29, 0.717) is 11.7 Å². The van der Waals surface area contributed by atoms with Gasteiger partial charge in [0.05, 0.1) is 28.3 Å². The van der Waals surface area contributed by atoms with Gasteiger partial charge in [-0.25, -0.2) is 4.98 Å². The number of rotatable bonds is 5. The third-order valence-electron chi connectivity index (χ3n) is 2.46. The number of aromatic nitrogens is 1. The van der Waals surface area contributed by atoms with Crippen molar-refractivity contribution in [3.63, 3.8) is 0 Å². The van der Waals surface area contributed by atoms with Gasteiger partial charge in [-0.3, -0.25) is 4.79 Å². The number of carboxylic acids is 1. The number of aliphatic carboxylic acids is 1. The SMILES string of the molecule is CC(C)c1nc2ccc(OCCC(=O)O)cc2s1. The second-order valence-electron chi connectivity index (χ2n) is 4.33. The first-order chi connectivity index (χ1) is 8.56. The second-order valence-corrected chi connectivity index (χ2v) is 5.39. The molecule has 0 atom stereocenters. The standard InChI is InChI=1S/C13H15NO3S/c1-8(2)13-14-10-4-3-9(7-11(10)18-13)17-6-5-12(15)16/h3-4,7-8H,5-6H2,1-2H3,(H,15,16). The Balaban J connectivity index is 2.14. The van der Waals surface area contributed by atoms with Gasteiger partial charge in [-0.05, 0) is 18.2 Å². The van der Waals surface area contributed by atoms with Crippen LogP contribution in [0.2, 0.25) is 0 Å². The zero-order chi connectivity index (χ0) is 13.1. The Hall–Kier alpha value is -1.62. The fraction of sp³-hybridized carbons (Fsp3) is 0.385. The Morgan fingerprint density at radius 2 is 2.28 bits per heavy atom. The van der Waals surface area contributed by atoms with Gasteiger partial charge in [0.2, 0.25) is 0 Å². The van der Waals surface area contributed by atoms with Gasteiger partial charge in [-0.2, -0.15) is 0 Å². The molecule has 96 valence electrons. The topological polar surface area (TPSA) is 59.4 Å². The predicted octanol–water partition coefficient (Wildman–Crippen LogP) is 3.27. The van der Waals surface area contributed by atoms with E-state index in [2.05, 4.69) is 18.8 Å². The van der Waals surface area contributed by atoms with Crippen LogP contribution in [0, 0.1) is 0 Å². The molecule has 0 bridgehead atoms. The molecule has 0 saturated heterocycles. The van der Waals surface area contributed by atoms with Crippen molar-refractivity contribution >= 4 is 27.5 Å². The highest BCUT2D eigenvalue weighted by molar-refractivity contribution is 7.18. The maximum Gasteiger partial charge on any atom is 0.306 e. The molecular formula is C13H15NO3S. The molecule has 0 spiro atoms. The fourth-order valence-electron chi connectivity index (χ4n) is 1.52. The molecule has 0 aliphatic carbocycles. The molecule has 1 aromatic heterocycles. The van der Waals surface area contributed by atoms with Gasteiger partial charge in [-0.1, -0.05) is 13.8 Å². The van der Waals surface area contributed by atoms with E-state index in [1.807, 2.05) is 18.2 Å². The Morgan fingerprint density at radius 3 is 2.94 bits per heavy atom. The lowest BCUT2D eigenvalue weighted by Gasteiger charge is -2.03. The Bertz CT molecular complexity index is 562. The van der Waals surface area contributed by atoms with Crippen molar-refractivity contribution in [2.45, 2.75) is 26.2 Å². The number of thiazole rings is 1. The number of fused-ring (bicyclic) bond motifs is 1. The van der Waals surface area contributed by atoms with E-state index in [9.17, 15) is 4.79 Å². The average Bonchev–Trinajstić information content (AvgIpc) is 2.71. The summed E-state index contributed by atoms with van der Waals surface area (Å²) in [5.41, 5.74) is 0.967. The predicted molar refractivity (Wildman–Crippen MR) is 71.5 cm³/mol. The number of hydrogen-bond acceptors (Lipinski definition) is 4. The van der Waals surface area contributed by atoms with E-state index in [0.717, 1.165) is 15.2 Å². The molecule has 2 rings (SSSR count). The van der Waals surface area contributed by atoms with Crippen molar-refractivity contribution in [1.29, 1.82) is 0 Å². The lowest BCUT2D eigenvalue weighted by Crippen LogP contribution is -2.04. The van der Waals surface area contributed by atoms with E-state index in [1.165, 1.54) is 0 Å². The van der Waals surface area contributed by atoms with Gasteiger partial charge >= 0.3 is 5.97 Å². The van der Waals surface area contributed by atoms with E-state index >= 15 is 0 Å². The van der Waals surface area contributed by atoms with Gasteiger partial charge in [0.15, 0.2) is 0 Å². The Labute approximate surface area is 109 Å². The molecule has 1 aromatic carbocycles. The van der Waals surface area contributed by atoms with Crippen molar-refractivity contribution in [1.82, 2.24) is 4.98 Å². The minimum absolute atomic E-state index is 0.0119. The van der Waals surface area contributed by atoms with Gasteiger partial charge < -0.3 is 9.84 Å². The summed E-state index contributed by atoms with van der Waals surface area (Å²) >= 11 is 1.65. The van der Waals surface area contributed by atoms with Crippen LogP contribution in [0.3, 0.4) is 0 Å². The van der Waals surface area contributed by atoms with E-state index < -0.39 is 5.97 Å². The molecule has 18 heavy (non-hydrogen) atoms. The maximum atomic E-state index is 10.4. The third kappa shape index (κ3) is 2.98. The van der Waals surface area contributed by atoms with E-state index in [4.69, 9.17) is 9.84 Å². The normalized spacial score (nSPS) is 11.1. The summed E-state index contributed by atoms with van der Waals surface area (Å²) in [4.78, 5) is 14.9. The summed E-state index contributed by atoms with van der Waals surface area (Å²) in [5.74, 6) is 0.262. The van der Waals surface area contributed by atoms with Crippen molar-refractivity contribution in [2.75, 3.05) is 6.61 Å². The quantitative estimate of drug-likeness (QED) is 0.901. The maximum absolute atomic E-state index is 10.4. The van der Waals surface area contributed by atoms with Crippen LogP contribution >= 0.6 is 11.3 Å². The number of benzene rings is 1. The summed E-state index contributed by atoms with van der Waals surface area (Å²) < 4.78 is 6.47. The smallest absolute Gasteiger partial charge is 0.306 e. The molecule has 5 heteroatoms. The summed E-state index contributed by atoms with van der Waals surface area (Å²) in [7, 11) is 0. The zero-order valence-corrected chi connectivity index (χ0v) is 11.2. The van der Waals surface area contributed by atoms with Gasteiger partial charge in [0.1, 0.15) is 5.75 Å². The first-order valence-corrected chi connectivity index (χ1v) is 6.63. The van der Waals surface area contributed by atoms with Crippen LogP contribution in [-0.4, -0.2) is 22.7 Å². The zero-order valence-electron chi connectivity index (χ0n) is 10.3. The minimum atomic E-state index is -0.851. The largest absolute Gasteiger partial charge is 0.493 e. The molecule has 1 N–H and O–H groups in total. The van der Waals surface area contributed by atoms with Gasteiger partial charge in [-0.15, -0.1) is 11.3 Å². The highest BCUT2D eigenvalue weighted by Gasteiger charge is 2.08. The summed E-state index contributed by atoms with van der Waals surface area (Å²) in [6.07, 6.45) is 0.0119. The van der Waals surface area contributed by atoms with Crippen molar-refractivity contribution in [2.24, 2.45) is 0 Å². The molecule has 0 saturated carbocycles. The highest BCUT2D eigenvalue weighted by Crippen LogP contribution is 2.29. The molecule has 0 fully saturated rings. The Kier molecular flexibility index (Phi) is 3.81. The first kappa shape index (κ1) is 12.8. The molecule has 0 amide bonds. The molecule has 0 aliphatic heterocycles. The molecular weight excluding hydrogens is 250 g/mol. The van der Waals surface area contributed by atoms with Crippen LogP contribution in [0.5, 0.6) is 5.75 Å². The summed E-state index contributed by atoms with van der Waals surface area (Å²) in [5, 5.41) is 9.64. The number of hydrogen-bond donors (Lipinski definition) is 1. The number of carboxylic acid groups (broad SMARTS) is 1. The van der Waals surface area contributed by atoms with Gasteiger partial charge in [0.25, 0.3) is 0 Å². The molecule has 0 radical (unpaired) electrons. The summed E-state index contributed by atoms with van der Waals surface area (Å²) in [6, 6.07) is 5.66. The molecule has 0 unspecified atom stereocenters. The number of nitrogens with zero attached hydrogens (tertiary/aromatic N) is 1. The molecule has 1 heterocycles. The molecule has 4 nitrogen and oxygen atoms in total. The van der Waals surface area contributed by atoms with Crippen LogP contribution in [0.15, 0.2) is 18.2 Å². The highest BCUT2D eigenvalue weighted by atomic mass is 32.1. The first-order valence-electron chi connectivity index (χ1n) is 5.81. The molecule has 2 aromatic rings.